The minimum atomic E-state index is -0.626. The van der Waals surface area contributed by atoms with Crippen molar-refractivity contribution >= 4 is 0 Å². The molecule has 1 unspecified atom stereocenters. The molecule has 1 aromatic rings. The molecule has 0 saturated carbocycles. The molecule has 3 nitrogen and oxygen atoms in total. The predicted octanol–water partition coefficient (Wildman–Crippen LogP) is 1.21. The molecule has 0 aliphatic carbocycles. The topological polar surface area (TPSA) is 43.7 Å². The van der Waals surface area contributed by atoms with E-state index in [9.17, 15) is 5.11 Å². The van der Waals surface area contributed by atoms with E-state index in [1.54, 1.807) is 0 Å². The van der Waals surface area contributed by atoms with Crippen LogP contribution < -0.4 is 0 Å². The Morgan fingerprint density at radius 2 is 1.88 bits per heavy atom. The molecule has 2 N–H and O–H groups in total. The van der Waals surface area contributed by atoms with Crippen LogP contribution in [-0.4, -0.2) is 48.0 Å². The lowest BCUT2D eigenvalue weighted by Gasteiger charge is -2.19. The molecular formula is C14H23NO2. The summed E-state index contributed by atoms with van der Waals surface area (Å²) in [6, 6.07) is 8.60. The molecular weight excluding hydrogens is 214 g/mol. The zero-order chi connectivity index (χ0) is 12.7. The second-order valence-corrected chi connectivity index (χ2v) is 4.69. The molecule has 0 fully saturated rings. The summed E-state index contributed by atoms with van der Waals surface area (Å²) in [5.74, 6) is 0. The molecule has 0 spiro atoms. The van der Waals surface area contributed by atoms with Crippen molar-refractivity contribution in [3.8, 4) is 0 Å². The molecule has 0 bridgehead atoms. The van der Waals surface area contributed by atoms with Gasteiger partial charge in [-0.3, -0.25) is 0 Å². The Kier molecular flexibility index (Phi) is 6.19. The minimum Gasteiger partial charge on any atom is -0.394 e. The lowest BCUT2D eigenvalue weighted by atomic mass is 10.1. The summed E-state index contributed by atoms with van der Waals surface area (Å²) < 4.78 is 0. The molecule has 96 valence electrons. The summed E-state index contributed by atoms with van der Waals surface area (Å²) in [4.78, 5) is 2.05. The predicted molar refractivity (Wildman–Crippen MR) is 70.1 cm³/mol. The third-order valence-corrected chi connectivity index (χ3v) is 2.86. The van der Waals surface area contributed by atoms with Gasteiger partial charge in [0.05, 0.1) is 12.7 Å². The number of hydrogen-bond acceptors (Lipinski definition) is 3. The third-order valence-electron chi connectivity index (χ3n) is 2.86. The van der Waals surface area contributed by atoms with Crippen LogP contribution in [0.1, 0.15) is 17.5 Å². The summed E-state index contributed by atoms with van der Waals surface area (Å²) >= 11 is 0. The van der Waals surface area contributed by atoms with E-state index in [0.29, 0.717) is 6.54 Å². The van der Waals surface area contributed by atoms with E-state index in [0.717, 1.165) is 19.4 Å². The van der Waals surface area contributed by atoms with Crippen LogP contribution in [0.2, 0.25) is 0 Å². The van der Waals surface area contributed by atoms with Gasteiger partial charge in [-0.25, -0.2) is 0 Å². The van der Waals surface area contributed by atoms with E-state index < -0.39 is 6.10 Å². The molecule has 0 saturated heterocycles. The zero-order valence-electron chi connectivity index (χ0n) is 10.8. The second-order valence-electron chi connectivity index (χ2n) is 4.69. The Labute approximate surface area is 104 Å². The van der Waals surface area contributed by atoms with Crippen molar-refractivity contribution in [1.29, 1.82) is 0 Å². The van der Waals surface area contributed by atoms with Gasteiger partial charge in [0.15, 0.2) is 0 Å². The first kappa shape index (κ1) is 14.2. The number of hydrogen-bond donors (Lipinski definition) is 2. The number of nitrogens with zero attached hydrogens (tertiary/aromatic N) is 1. The first-order chi connectivity index (χ1) is 8.11. The van der Waals surface area contributed by atoms with E-state index >= 15 is 0 Å². The van der Waals surface area contributed by atoms with Crippen LogP contribution in [0.4, 0.5) is 0 Å². The molecule has 0 aromatic heterocycles. The highest BCUT2D eigenvalue weighted by Crippen LogP contribution is 2.06. The number of aryl methyl sites for hydroxylation is 2. The summed E-state index contributed by atoms with van der Waals surface area (Å²) in [5.41, 5.74) is 2.64. The van der Waals surface area contributed by atoms with Gasteiger partial charge in [-0.15, -0.1) is 0 Å². The Balaban J connectivity index is 2.21. The molecule has 0 aliphatic heterocycles. The van der Waals surface area contributed by atoms with Crippen LogP contribution in [0.3, 0.4) is 0 Å². The molecule has 17 heavy (non-hydrogen) atoms. The van der Waals surface area contributed by atoms with E-state index in [4.69, 9.17) is 5.11 Å². The molecule has 1 atom stereocenters. The van der Waals surface area contributed by atoms with Gasteiger partial charge in [0.2, 0.25) is 0 Å². The van der Waals surface area contributed by atoms with Crippen LogP contribution >= 0.6 is 0 Å². The number of rotatable bonds is 7. The van der Waals surface area contributed by atoms with Gasteiger partial charge < -0.3 is 15.1 Å². The SMILES string of the molecule is Cc1ccc(CCCN(C)CC(O)CO)cc1. The molecule has 3 heteroatoms. The standard InChI is InChI=1S/C14H23NO2/c1-12-5-7-13(8-6-12)4-3-9-15(2)10-14(17)11-16/h5-8,14,16-17H,3-4,9-11H2,1-2H3. The second kappa shape index (κ2) is 7.43. The number of likely N-dealkylation sites (N-methyl/N-ethyl adjacent to an activating group) is 1. The average molecular weight is 237 g/mol. The monoisotopic (exact) mass is 237 g/mol. The fraction of sp³-hybridized carbons (Fsp3) is 0.571. The Hall–Kier alpha value is -0.900. The van der Waals surface area contributed by atoms with E-state index in [1.165, 1.54) is 11.1 Å². The first-order valence-electron chi connectivity index (χ1n) is 6.15. The highest BCUT2D eigenvalue weighted by atomic mass is 16.3. The van der Waals surface area contributed by atoms with Crippen molar-refractivity contribution in [3.63, 3.8) is 0 Å². The quantitative estimate of drug-likeness (QED) is 0.749. The molecule has 0 heterocycles. The van der Waals surface area contributed by atoms with Crippen LogP contribution in [0.5, 0.6) is 0 Å². The molecule has 1 rings (SSSR count). The average Bonchev–Trinajstić information content (AvgIpc) is 2.31. The van der Waals surface area contributed by atoms with Crippen molar-refractivity contribution in [2.75, 3.05) is 26.7 Å². The van der Waals surface area contributed by atoms with Crippen molar-refractivity contribution < 1.29 is 10.2 Å². The summed E-state index contributed by atoms with van der Waals surface area (Å²) in [5, 5.41) is 18.0. The number of benzene rings is 1. The van der Waals surface area contributed by atoms with Crippen molar-refractivity contribution in [2.24, 2.45) is 0 Å². The lowest BCUT2D eigenvalue weighted by Crippen LogP contribution is -2.32. The van der Waals surface area contributed by atoms with Gasteiger partial charge in [-0.05, 0) is 38.9 Å². The summed E-state index contributed by atoms with van der Waals surface area (Å²) in [6.07, 6.45) is 1.50. The number of aliphatic hydroxyl groups is 2. The summed E-state index contributed by atoms with van der Waals surface area (Å²) in [7, 11) is 1.97. The maximum Gasteiger partial charge on any atom is 0.0897 e. The minimum absolute atomic E-state index is 0.164. The van der Waals surface area contributed by atoms with Gasteiger partial charge in [0.25, 0.3) is 0 Å². The highest BCUT2D eigenvalue weighted by molar-refractivity contribution is 5.21. The van der Waals surface area contributed by atoms with Gasteiger partial charge in [0, 0.05) is 6.54 Å². The molecule has 0 aliphatic rings. The van der Waals surface area contributed by atoms with E-state index in [-0.39, 0.29) is 6.61 Å². The van der Waals surface area contributed by atoms with Gasteiger partial charge in [-0.1, -0.05) is 29.8 Å². The van der Waals surface area contributed by atoms with Crippen LogP contribution in [0.15, 0.2) is 24.3 Å². The van der Waals surface area contributed by atoms with E-state index in [2.05, 4.69) is 36.1 Å². The van der Waals surface area contributed by atoms with Crippen LogP contribution in [0.25, 0.3) is 0 Å². The largest absolute Gasteiger partial charge is 0.394 e. The van der Waals surface area contributed by atoms with Crippen molar-refractivity contribution in [1.82, 2.24) is 4.90 Å². The summed E-state index contributed by atoms with van der Waals surface area (Å²) in [6.45, 7) is 3.39. The molecule has 1 aromatic carbocycles. The van der Waals surface area contributed by atoms with Crippen LogP contribution in [-0.2, 0) is 6.42 Å². The molecule has 0 amide bonds. The van der Waals surface area contributed by atoms with Crippen molar-refractivity contribution in [3.05, 3.63) is 35.4 Å². The van der Waals surface area contributed by atoms with Gasteiger partial charge in [-0.2, -0.15) is 0 Å². The maximum absolute atomic E-state index is 9.28. The smallest absolute Gasteiger partial charge is 0.0897 e. The van der Waals surface area contributed by atoms with Crippen molar-refractivity contribution in [2.45, 2.75) is 25.9 Å². The third kappa shape index (κ3) is 5.82. The Bertz CT molecular complexity index is 311. The van der Waals surface area contributed by atoms with Crippen LogP contribution in [0, 0.1) is 6.92 Å². The van der Waals surface area contributed by atoms with E-state index in [1.807, 2.05) is 7.05 Å². The fourth-order valence-corrected chi connectivity index (χ4v) is 1.82. The Morgan fingerprint density at radius 1 is 1.24 bits per heavy atom. The Morgan fingerprint density at radius 3 is 2.47 bits per heavy atom. The zero-order valence-corrected chi connectivity index (χ0v) is 10.8. The normalized spacial score (nSPS) is 13.0. The van der Waals surface area contributed by atoms with Gasteiger partial charge in [0.1, 0.15) is 0 Å². The maximum atomic E-state index is 9.28. The fourth-order valence-electron chi connectivity index (χ4n) is 1.82. The number of aliphatic hydroxyl groups excluding tert-OH is 2. The van der Waals surface area contributed by atoms with Gasteiger partial charge >= 0.3 is 0 Å². The first-order valence-corrected chi connectivity index (χ1v) is 6.15. The highest BCUT2D eigenvalue weighted by Gasteiger charge is 2.06. The lowest BCUT2D eigenvalue weighted by molar-refractivity contribution is 0.0664. The molecule has 0 radical (unpaired) electrons.